The molecule has 2 aliphatic heterocycles. The summed E-state index contributed by atoms with van der Waals surface area (Å²) in [6, 6.07) is 2.55. The molecule has 3 rings (SSSR count). The van der Waals surface area contributed by atoms with E-state index in [2.05, 4.69) is 14.9 Å². The van der Waals surface area contributed by atoms with Crippen LogP contribution in [-0.4, -0.2) is 69.4 Å². The van der Waals surface area contributed by atoms with Crippen molar-refractivity contribution in [3.8, 4) is 0 Å². The van der Waals surface area contributed by atoms with E-state index in [0.717, 1.165) is 58.5 Å². The summed E-state index contributed by atoms with van der Waals surface area (Å²) in [6.07, 6.45) is 9.20. The van der Waals surface area contributed by atoms with Crippen LogP contribution in [0.4, 0.5) is 0 Å². The second kappa shape index (κ2) is 7.93. The Labute approximate surface area is 138 Å². The first-order valence-corrected chi connectivity index (χ1v) is 8.89. The smallest absolute Gasteiger partial charge is 0.307 e. The molecule has 0 unspecified atom stereocenters. The molecule has 23 heavy (non-hydrogen) atoms. The highest BCUT2D eigenvalue weighted by Gasteiger charge is 2.31. The van der Waals surface area contributed by atoms with Crippen molar-refractivity contribution in [3.05, 3.63) is 18.5 Å². The maximum atomic E-state index is 11.2. The summed E-state index contributed by atoms with van der Waals surface area (Å²) in [5.41, 5.74) is 0. The number of carbonyl (C=O) groups is 1. The second-order valence-corrected chi connectivity index (χ2v) is 6.87. The number of aromatic nitrogens is 2. The van der Waals surface area contributed by atoms with Crippen molar-refractivity contribution in [2.75, 3.05) is 32.7 Å². The van der Waals surface area contributed by atoms with Crippen LogP contribution in [0.5, 0.6) is 0 Å². The van der Waals surface area contributed by atoms with E-state index in [1.165, 1.54) is 12.8 Å². The lowest BCUT2D eigenvalue weighted by molar-refractivity contribution is -0.144. The number of carboxylic acids is 1. The maximum absolute atomic E-state index is 11.2. The number of rotatable bonds is 6. The van der Waals surface area contributed by atoms with Gasteiger partial charge in [-0.05, 0) is 64.3 Å². The van der Waals surface area contributed by atoms with Crippen molar-refractivity contribution < 1.29 is 9.90 Å². The number of aryl methyl sites for hydroxylation is 1. The highest BCUT2D eigenvalue weighted by Crippen LogP contribution is 2.24. The van der Waals surface area contributed by atoms with Crippen molar-refractivity contribution in [3.63, 3.8) is 0 Å². The molecule has 0 aliphatic carbocycles. The van der Waals surface area contributed by atoms with E-state index in [-0.39, 0.29) is 5.92 Å². The van der Waals surface area contributed by atoms with E-state index in [0.29, 0.717) is 6.04 Å². The number of likely N-dealkylation sites (tertiary alicyclic amines) is 2. The van der Waals surface area contributed by atoms with Gasteiger partial charge in [0.2, 0.25) is 0 Å². The number of nitrogens with zero attached hydrogens (tertiary/aromatic N) is 4. The molecule has 3 heterocycles. The fraction of sp³-hybridized carbons (Fsp3) is 0.765. The molecular formula is C17H28N4O2. The van der Waals surface area contributed by atoms with E-state index < -0.39 is 5.97 Å². The highest BCUT2D eigenvalue weighted by atomic mass is 16.4. The van der Waals surface area contributed by atoms with Gasteiger partial charge in [0.25, 0.3) is 0 Å². The minimum absolute atomic E-state index is 0.157. The summed E-state index contributed by atoms with van der Waals surface area (Å²) in [5.74, 6) is -0.776. The number of aliphatic carboxylic acids is 1. The number of hydrogen-bond donors (Lipinski definition) is 1. The lowest BCUT2D eigenvalue weighted by atomic mass is 9.94. The highest BCUT2D eigenvalue weighted by molar-refractivity contribution is 5.70. The van der Waals surface area contributed by atoms with Crippen molar-refractivity contribution in [1.29, 1.82) is 0 Å². The van der Waals surface area contributed by atoms with Gasteiger partial charge in [-0.3, -0.25) is 14.4 Å². The Hall–Kier alpha value is -1.40. The van der Waals surface area contributed by atoms with Crippen LogP contribution in [0.3, 0.4) is 0 Å². The fourth-order valence-corrected chi connectivity index (χ4v) is 3.94. The summed E-state index contributed by atoms with van der Waals surface area (Å²) in [4.78, 5) is 16.2. The van der Waals surface area contributed by atoms with E-state index in [1.54, 1.807) is 0 Å². The van der Waals surface area contributed by atoms with Gasteiger partial charge >= 0.3 is 5.97 Å². The molecule has 6 heteroatoms. The average Bonchev–Trinajstić information content (AvgIpc) is 3.09. The zero-order chi connectivity index (χ0) is 16.1. The van der Waals surface area contributed by atoms with Crippen LogP contribution in [0.15, 0.2) is 18.5 Å². The van der Waals surface area contributed by atoms with Crippen LogP contribution >= 0.6 is 0 Å². The quantitative estimate of drug-likeness (QED) is 0.861. The molecule has 0 radical (unpaired) electrons. The minimum Gasteiger partial charge on any atom is -0.481 e. The summed E-state index contributed by atoms with van der Waals surface area (Å²) in [6.45, 7) is 6.22. The summed E-state index contributed by atoms with van der Waals surface area (Å²) >= 11 is 0. The molecule has 1 N–H and O–H groups in total. The maximum Gasteiger partial charge on any atom is 0.307 e. The number of hydrogen-bond acceptors (Lipinski definition) is 4. The van der Waals surface area contributed by atoms with E-state index >= 15 is 0 Å². The Morgan fingerprint density at radius 3 is 2.70 bits per heavy atom. The lowest BCUT2D eigenvalue weighted by Gasteiger charge is -2.41. The predicted molar refractivity (Wildman–Crippen MR) is 88.2 cm³/mol. The van der Waals surface area contributed by atoms with Crippen molar-refractivity contribution >= 4 is 5.97 Å². The normalized spacial score (nSPS) is 24.8. The molecule has 0 amide bonds. The van der Waals surface area contributed by atoms with E-state index in [9.17, 15) is 9.90 Å². The molecule has 2 saturated heterocycles. The van der Waals surface area contributed by atoms with Crippen molar-refractivity contribution in [2.45, 2.75) is 44.7 Å². The third-order valence-corrected chi connectivity index (χ3v) is 5.30. The lowest BCUT2D eigenvalue weighted by Crippen LogP contribution is -2.49. The van der Waals surface area contributed by atoms with Gasteiger partial charge in [-0.2, -0.15) is 5.10 Å². The zero-order valence-corrected chi connectivity index (χ0v) is 13.8. The Bertz CT molecular complexity index is 483. The molecule has 2 aliphatic rings. The van der Waals surface area contributed by atoms with Crippen LogP contribution in [-0.2, 0) is 11.3 Å². The molecule has 1 aromatic heterocycles. The molecule has 0 saturated carbocycles. The van der Waals surface area contributed by atoms with Gasteiger partial charge in [0.1, 0.15) is 0 Å². The first kappa shape index (κ1) is 16.5. The minimum atomic E-state index is -0.620. The van der Waals surface area contributed by atoms with Crippen molar-refractivity contribution in [1.82, 2.24) is 19.6 Å². The second-order valence-electron chi connectivity index (χ2n) is 6.87. The predicted octanol–water partition coefficient (Wildman–Crippen LogP) is 1.53. The summed E-state index contributed by atoms with van der Waals surface area (Å²) in [5, 5.41) is 13.5. The van der Waals surface area contributed by atoms with Crippen LogP contribution in [0.2, 0.25) is 0 Å². The molecule has 0 spiro atoms. The Balaban J connectivity index is 1.37. The number of piperidine rings is 2. The largest absolute Gasteiger partial charge is 0.481 e. The van der Waals surface area contributed by atoms with Gasteiger partial charge in [0, 0.05) is 31.5 Å². The molecule has 1 atom stereocenters. The fourth-order valence-electron chi connectivity index (χ4n) is 3.94. The van der Waals surface area contributed by atoms with Gasteiger partial charge < -0.3 is 10.0 Å². The molecule has 1 aromatic rings. The molecule has 6 nitrogen and oxygen atoms in total. The van der Waals surface area contributed by atoms with E-state index in [4.69, 9.17) is 0 Å². The molecule has 2 fully saturated rings. The SMILES string of the molecule is O=C(O)[C@@H]1CCCN(C2CCN(CCCn3cccn3)CC2)C1. The monoisotopic (exact) mass is 320 g/mol. The third kappa shape index (κ3) is 4.54. The summed E-state index contributed by atoms with van der Waals surface area (Å²) in [7, 11) is 0. The van der Waals surface area contributed by atoms with Gasteiger partial charge in [0.05, 0.1) is 5.92 Å². The van der Waals surface area contributed by atoms with Crippen LogP contribution < -0.4 is 0 Å². The van der Waals surface area contributed by atoms with Crippen LogP contribution in [0.1, 0.15) is 32.1 Å². The third-order valence-electron chi connectivity index (χ3n) is 5.30. The Morgan fingerprint density at radius 1 is 1.17 bits per heavy atom. The molecular weight excluding hydrogens is 292 g/mol. The van der Waals surface area contributed by atoms with Gasteiger partial charge in [0.15, 0.2) is 0 Å². The molecule has 0 aromatic carbocycles. The van der Waals surface area contributed by atoms with Gasteiger partial charge in [-0.25, -0.2) is 0 Å². The standard InChI is InChI=1S/C17H28N4O2/c22-17(23)15-4-1-9-20(14-15)16-5-12-19(13-6-16)8-3-11-21-10-2-7-18-21/h2,7,10,15-16H,1,3-6,8-9,11-14H2,(H,22,23)/t15-/m1/s1. The zero-order valence-electron chi connectivity index (χ0n) is 13.8. The summed E-state index contributed by atoms with van der Waals surface area (Å²) < 4.78 is 1.99. The topological polar surface area (TPSA) is 61.6 Å². The Kier molecular flexibility index (Phi) is 5.67. The molecule has 0 bridgehead atoms. The molecule has 128 valence electrons. The first-order chi connectivity index (χ1) is 11.2. The Morgan fingerprint density at radius 2 is 2.00 bits per heavy atom. The van der Waals surface area contributed by atoms with Gasteiger partial charge in [-0.15, -0.1) is 0 Å². The van der Waals surface area contributed by atoms with E-state index in [1.807, 2.05) is 23.1 Å². The van der Waals surface area contributed by atoms with Crippen LogP contribution in [0.25, 0.3) is 0 Å². The first-order valence-electron chi connectivity index (χ1n) is 8.89. The van der Waals surface area contributed by atoms with Crippen LogP contribution in [0, 0.1) is 5.92 Å². The van der Waals surface area contributed by atoms with Crippen molar-refractivity contribution in [2.24, 2.45) is 5.92 Å². The average molecular weight is 320 g/mol. The number of carboxylic acid groups (broad SMARTS) is 1. The van der Waals surface area contributed by atoms with Gasteiger partial charge in [-0.1, -0.05) is 0 Å².